The Kier molecular flexibility index (Phi) is 6.90. The molecule has 0 unspecified atom stereocenters. The van der Waals surface area contributed by atoms with Crippen molar-refractivity contribution in [1.29, 1.82) is 0 Å². The third kappa shape index (κ3) is 5.07. The van der Waals surface area contributed by atoms with E-state index in [1.54, 1.807) is 24.3 Å². The van der Waals surface area contributed by atoms with Crippen LogP contribution in [0.2, 0.25) is 0 Å². The molecule has 1 aliphatic rings. The number of anilines is 1. The molecule has 1 fully saturated rings. The van der Waals surface area contributed by atoms with Gasteiger partial charge in [-0.25, -0.2) is 18.5 Å². The Labute approximate surface area is 209 Å². The molecule has 1 heterocycles. The Morgan fingerprint density at radius 2 is 1.53 bits per heavy atom. The van der Waals surface area contributed by atoms with E-state index >= 15 is 0 Å². The van der Waals surface area contributed by atoms with E-state index in [4.69, 9.17) is 4.74 Å². The molecule has 0 spiro atoms. The minimum Gasteiger partial charge on any atom is -0.487 e. The topological polar surface area (TPSA) is 75.7 Å². The highest BCUT2D eigenvalue weighted by Gasteiger charge is 2.37. The van der Waals surface area contributed by atoms with Crippen LogP contribution in [0.4, 0.5) is 19.3 Å². The lowest BCUT2D eigenvalue weighted by atomic mass is 10.1. The molecular formula is C24H14Br2F2N2O4. The number of nitrogens with zero attached hydrogens (tertiary/aromatic N) is 1. The smallest absolute Gasteiger partial charge is 0.335 e. The Bertz CT molecular complexity index is 1330. The van der Waals surface area contributed by atoms with Crippen LogP contribution in [0.1, 0.15) is 11.1 Å². The number of carbonyl (C=O) groups excluding carboxylic acids is 3. The summed E-state index contributed by atoms with van der Waals surface area (Å²) >= 11 is 6.78. The van der Waals surface area contributed by atoms with Crippen molar-refractivity contribution in [1.82, 2.24) is 5.32 Å². The van der Waals surface area contributed by atoms with Gasteiger partial charge in [0, 0.05) is 10.0 Å². The van der Waals surface area contributed by atoms with Crippen LogP contribution in [0, 0.1) is 11.6 Å². The van der Waals surface area contributed by atoms with Gasteiger partial charge in [-0.15, -0.1) is 0 Å². The van der Waals surface area contributed by atoms with Gasteiger partial charge in [0.15, 0.2) is 0 Å². The number of nitrogens with one attached hydrogen (secondary N) is 1. The Morgan fingerprint density at radius 1 is 0.912 bits per heavy atom. The van der Waals surface area contributed by atoms with Crippen molar-refractivity contribution in [3.63, 3.8) is 0 Å². The standard InChI is InChI=1S/C24H14Br2F2N2O4/c25-15-9-14(21(20(26)11-15)34-12-13-1-3-16(27)4-2-13)10-19-22(31)29-24(33)30(23(19)32)18-7-5-17(28)6-8-18/h1-11H,12H2,(H,29,31,33)/b19-10+. The Morgan fingerprint density at radius 3 is 2.18 bits per heavy atom. The summed E-state index contributed by atoms with van der Waals surface area (Å²) in [5, 5.41) is 2.12. The number of ether oxygens (including phenoxy) is 1. The second kappa shape index (κ2) is 9.86. The van der Waals surface area contributed by atoms with E-state index in [0.29, 0.717) is 25.8 Å². The summed E-state index contributed by atoms with van der Waals surface area (Å²) < 4.78 is 33.6. The first-order valence-corrected chi connectivity index (χ1v) is 11.3. The van der Waals surface area contributed by atoms with Crippen LogP contribution in [0.3, 0.4) is 0 Å². The van der Waals surface area contributed by atoms with Gasteiger partial charge in [-0.3, -0.25) is 14.9 Å². The first-order valence-electron chi connectivity index (χ1n) is 9.76. The van der Waals surface area contributed by atoms with Crippen LogP contribution in [-0.2, 0) is 16.2 Å². The van der Waals surface area contributed by atoms with Gasteiger partial charge in [-0.2, -0.15) is 0 Å². The molecule has 4 rings (SSSR count). The van der Waals surface area contributed by atoms with E-state index < -0.39 is 23.7 Å². The lowest BCUT2D eigenvalue weighted by molar-refractivity contribution is -0.122. The minimum absolute atomic E-state index is 0.0943. The lowest BCUT2D eigenvalue weighted by Crippen LogP contribution is -2.54. The van der Waals surface area contributed by atoms with Gasteiger partial charge in [0.05, 0.1) is 10.2 Å². The number of amides is 4. The zero-order valence-electron chi connectivity index (χ0n) is 17.2. The number of barbiturate groups is 1. The highest BCUT2D eigenvalue weighted by atomic mass is 79.9. The summed E-state index contributed by atoms with van der Waals surface area (Å²) in [6, 6.07) is 12.9. The molecule has 172 valence electrons. The molecule has 4 amide bonds. The molecular weight excluding hydrogens is 578 g/mol. The number of hydrogen-bond donors (Lipinski definition) is 1. The largest absolute Gasteiger partial charge is 0.487 e. The molecule has 0 bridgehead atoms. The van der Waals surface area contributed by atoms with E-state index in [1.165, 1.54) is 30.3 Å². The van der Waals surface area contributed by atoms with Crippen LogP contribution >= 0.6 is 31.9 Å². The van der Waals surface area contributed by atoms with Gasteiger partial charge in [-0.05, 0) is 76.1 Å². The van der Waals surface area contributed by atoms with E-state index in [1.807, 2.05) is 0 Å². The quantitative estimate of drug-likeness (QED) is 0.303. The summed E-state index contributed by atoms with van der Waals surface area (Å²) in [6.07, 6.45) is 1.30. The SMILES string of the molecule is O=C1NC(=O)N(c2ccc(F)cc2)C(=O)/C1=C/c1cc(Br)cc(Br)c1OCc1ccc(F)cc1. The van der Waals surface area contributed by atoms with E-state index in [0.717, 1.165) is 17.0 Å². The molecule has 0 saturated carbocycles. The fourth-order valence-corrected chi connectivity index (χ4v) is 4.59. The summed E-state index contributed by atoms with van der Waals surface area (Å²) in [4.78, 5) is 38.7. The van der Waals surface area contributed by atoms with Crippen LogP contribution in [0.25, 0.3) is 6.08 Å². The van der Waals surface area contributed by atoms with E-state index in [-0.39, 0.29) is 23.7 Å². The molecule has 0 atom stereocenters. The fourth-order valence-electron chi connectivity index (χ4n) is 3.21. The number of imide groups is 2. The third-order valence-electron chi connectivity index (χ3n) is 4.82. The van der Waals surface area contributed by atoms with Crippen LogP contribution in [0.5, 0.6) is 5.75 Å². The van der Waals surface area contributed by atoms with Gasteiger partial charge < -0.3 is 4.74 Å². The van der Waals surface area contributed by atoms with Crippen molar-refractivity contribution in [2.24, 2.45) is 0 Å². The Hall–Kier alpha value is -3.37. The molecule has 0 radical (unpaired) electrons. The maximum Gasteiger partial charge on any atom is 0.335 e. The van der Waals surface area contributed by atoms with Crippen molar-refractivity contribution in [2.45, 2.75) is 6.61 Å². The van der Waals surface area contributed by atoms with Crippen LogP contribution < -0.4 is 15.0 Å². The first kappa shape index (κ1) is 23.8. The van der Waals surface area contributed by atoms with Gasteiger partial charge >= 0.3 is 6.03 Å². The number of halogens is 4. The molecule has 3 aromatic carbocycles. The predicted octanol–water partition coefficient (Wildman–Crippen LogP) is 5.74. The zero-order valence-corrected chi connectivity index (χ0v) is 20.3. The molecule has 10 heteroatoms. The van der Waals surface area contributed by atoms with Crippen molar-refractivity contribution in [3.8, 4) is 5.75 Å². The van der Waals surface area contributed by atoms with Crippen molar-refractivity contribution in [2.75, 3.05) is 4.90 Å². The third-order valence-corrected chi connectivity index (χ3v) is 5.87. The normalized spacial score (nSPS) is 15.0. The number of carbonyl (C=O) groups is 3. The predicted molar refractivity (Wildman–Crippen MR) is 128 cm³/mol. The fraction of sp³-hybridized carbons (Fsp3) is 0.0417. The van der Waals surface area contributed by atoms with Crippen LogP contribution in [0.15, 0.2) is 75.2 Å². The van der Waals surface area contributed by atoms with E-state index in [9.17, 15) is 23.2 Å². The second-order valence-electron chi connectivity index (χ2n) is 7.16. The average Bonchev–Trinajstić information content (AvgIpc) is 2.78. The molecule has 6 nitrogen and oxygen atoms in total. The van der Waals surface area contributed by atoms with Gasteiger partial charge in [0.25, 0.3) is 11.8 Å². The van der Waals surface area contributed by atoms with Crippen molar-refractivity contribution < 1.29 is 27.9 Å². The lowest BCUT2D eigenvalue weighted by Gasteiger charge is -2.26. The summed E-state index contributed by atoms with van der Waals surface area (Å²) in [5.41, 5.74) is 0.857. The van der Waals surface area contributed by atoms with Gasteiger partial charge in [0.2, 0.25) is 0 Å². The molecule has 3 aromatic rings. The van der Waals surface area contributed by atoms with Crippen molar-refractivity contribution >= 4 is 61.5 Å². The summed E-state index contributed by atoms with van der Waals surface area (Å²) in [7, 11) is 0. The maximum absolute atomic E-state index is 13.3. The zero-order chi connectivity index (χ0) is 24.4. The van der Waals surface area contributed by atoms with Crippen molar-refractivity contribution in [3.05, 3.63) is 97.9 Å². The first-order chi connectivity index (χ1) is 16.2. The molecule has 0 aliphatic carbocycles. The van der Waals surface area contributed by atoms with Gasteiger partial charge in [0.1, 0.15) is 29.6 Å². The number of rotatable bonds is 5. The Balaban J connectivity index is 1.70. The number of urea groups is 1. The van der Waals surface area contributed by atoms with E-state index in [2.05, 4.69) is 37.2 Å². The summed E-state index contributed by atoms with van der Waals surface area (Å²) in [5.74, 6) is -2.34. The molecule has 34 heavy (non-hydrogen) atoms. The highest BCUT2D eigenvalue weighted by Crippen LogP contribution is 2.35. The maximum atomic E-state index is 13.3. The average molecular weight is 592 g/mol. The minimum atomic E-state index is -0.943. The molecule has 1 aliphatic heterocycles. The molecule has 1 N–H and O–H groups in total. The highest BCUT2D eigenvalue weighted by molar-refractivity contribution is 9.11. The number of benzene rings is 3. The summed E-state index contributed by atoms with van der Waals surface area (Å²) in [6.45, 7) is 0.0943. The van der Waals surface area contributed by atoms with Gasteiger partial charge in [-0.1, -0.05) is 28.1 Å². The second-order valence-corrected chi connectivity index (χ2v) is 8.93. The molecule has 0 aromatic heterocycles. The van der Waals surface area contributed by atoms with Crippen LogP contribution in [-0.4, -0.2) is 17.8 Å². The monoisotopic (exact) mass is 590 g/mol. The molecule has 1 saturated heterocycles. The number of hydrogen-bond acceptors (Lipinski definition) is 4.